The Hall–Kier alpha value is -3.86. The number of aromatic carboxylic acids is 1. The molecule has 0 saturated heterocycles. The summed E-state index contributed by atoms with van der Waals surface area (Å²) in [5.74, 6) is -3.64. The number of halogens is 4. The number of rotatable bonds is 7. The summed E-state index contributed by atoms with van der Waals surface area (Å²) in [5.41, 5.74) is 1.71. The second kappa shape index (κ2) is 10.5. The first-order valence-corrected chi connectivity index (χ1v) is 13.0. The van der Waals surface area contributed by atoms with Crippen molar-refractivity contribution in [1.29, 1.82) is 0 Å². The fourth-order valence-electron chi connectivity index (χ4n) is 4.31. The summed E-state index contributed by atoms with van der Waals surface area (Å²) in [6.45, 7) is 0. The van der Waals surface area contributed by atoms with Crippen molar-refractivity contribution < 1.29 is 40.6 Å². The van der Waals surface area contributed by atoms with Crippen molar-refractivity contribution in [3.8, 4) is 16.9 Å². The van der Waals surface area contributed by atoms with Gasteiger partial charge in [-0.1, -0.05) is 42.5 Å². The van der Waals surface area contributed by atoms with Crippen LogP contribution in [0.1, 0.15) is 35.2 Å². The van der Waals surface area contributed by atoms with Gasteiger partial charge in [0.05, 0.1) is 24.3 Å². The maximum Gasteiger partial charge on any atom is 0.392 e. The Morgan fingerprint density at radius 3 is 2.32 bits per heavy atom. The number of carboxylic acids is 1. The van der Waals surface area contributed by atoms with E-state index >= 15 is 4.39 Å². The van der Waals surface area contributed by atoms with E-state index in [9.17, 15) is 26.4 Å². The second-order valence-corrected chi connectivity index (χ2v) is 10.4. The Labute approximate surface area is 216 Å². The van der Waals surface area contributed by atoms with E-state index in [1.165, 1.54) is 31.4 Å². The number of anilines is 1. The Bertz CT molecular complexity index is 1500. The van der Waals surface area contributed by atoms with Crippen LogP contribution in [0.2, 0.25) is 0 Å². The molecule has 200 valence electrons. The third-order valence-electron chi connectivity index (χ3n) is 6.39. The number of alkyl halides is 3. The van der Waals surface area contributed by atoms with Gasteiger partial charge in [0.25, 0.3) is 10.0 Å². The first-order valence-electron chi connectivity index (χ1n) is 11.5. The molecule has 0 bridgehead atoms. The van der Waals surface area contributed by atoms with Crippen LogP contribution in [-0.4, -0.2) is 32.8 Å². The molecular weight excluding hydrogens is 526 g/mol. The number of nitrogens with one attached hydrogen (secondary N) is 1. The van der Waals surface area contributed by atoms with Gasteiger partial charge in [-0.2, -0.15) is 13.2 Å². The minimum absolute atomic E-state index is 0.00242. The van der Waals surface area contributed by atoms with Crippen molar-refractivity contribution >= 4 is 27.3 Å². The molecule has 38 heavy (non-hydrogen) atoms. The van der Waals surface area contributed by atoms with E-state index in [1.807, 2.05) is 0 Å². The minimum Gasteiger partial charge on any atom is -0.495 e. The van der Waals surface area contributed by atoms with E-state index in [2.05, 4.69) is 4.72 Å². The molecule has 1 atom stereocenters. The number of hydrogen-bond donors (Lipinski definition) is 2. The third-order valence-corrected chi connectivity index (χ3v) is 7.77. The van der Waals surface area contributed by atoms with Crippen molar-refractivity contribution in [3.63, 3.8) is 0 Å². The van der Waals surface area contributed by atoms with Crippen molar-refractivity contribution in [3.05, 3.63) is 83.7 Å². The summed E-state index contributed by atoms with van der Waals surface area (Å²) >= 11 is 0. The van der Waals surface area contributed by atoms with Crippen LogP contribution in [0.3, 0.4) is 0 Å². The van der Waals surface area contributed by atoms with E-state index in [0.717, 1.165) is 23.3 Å². The van der Waals surface area contributed by atoms with Gasteiger partial charge < -0.3 is 9.84 Å². The van der Waals surface area contributed by atoms with Crippen LogP contribution in [0.4, 0.5) is 23.2 Å². The summed E-state index contributed by atoms with van der Waals surface area (Å²) in [5, 5.41) is 9.12. The van der Waals surface area contributed by atoms with Crippen LogP contribution in [0.15, 0.2) is 71.6 Å². The third kappa shape index (κ3) is 5.67. The number of carboxylic acid groups (broad SMARTS) is 1. The van der Waals surface area contributed by atoms with Crippen LogP contribution >= 0.6 is 0 Å². The zero-order valence-corrected chi connectivity index (χ0v) is 20.9. The largest absolute Gasteiger partial charge is 0.495 e. The highest BCUT2D eigenvalue weighted by Gasteiger charge is 2.39. The van der Waals surface area contributed by atoms with Crippen molar-refractivity contribution in [2.24, 2.45) is 5.92 Å². The molecule has 0 spiro atoms. The molecular formula is C27H23F4NO5S. The SMILES string of the molecule is COc1cc(C(=O)O)ccc1NS(=O)(=O)c1cccc(-c2ccc(C3=CCC(C(F)(F)F)CC3)cc2)c1F. The molecule has 0 saturated carbocycles. The number of ether oxygens (including phenoxy) is 1. The van der Waals surface area contributed by atoms with E-state index < -0.39 is 38.8 Å². The summed E-state index contributed by atoms with van der Waals surface area (Å²) in [6.07, 6.45) is -2.47. The summed E-state index contributed by atoms with van der Waals surface area (Å²) in [7, 11) is -3.20. The number of allylic oxidation sites excluding steroid dienone is 2. The molecule has 0 aliphatic heterocycles. The zero-order valence-electron chi connectivity index (χ0n) is 20.0. The topological polar surface area (TPSA) is 92.7 Å². The highest BCUT2D eigenvalue weighted by molar-refractivity contribution is 7.92. The van der Waals surface area contributed by atoms with Crippen molar-refractivity contribution in [2.75, 3.05) is 11.8 Å². The molecule has 0 amide bonds. The summed E-state index contributed by atoms with van der Waals surface area (Å²) in [4.78, 5) is 10.5. The maximum atomic E-state index is 15.5. The zero-order chi connectivity index (χ0) is 27.7. The Morgan fingerprint density at radius 1 is 1.05 bits per heavy atom. The van der Waals surface area contributed by atoms with Gasteiger partial charge in [-0.25, -0.2) is 17.6 Å². The molecule has 6 nitrogen and oxygen atoms in total. The average molecular weight is 550 g/mol. The molecule has 0 heterocycles. The number of hydrogen-bond acceptors (Lipinski definition) is 4. The predicted molar refractivity (Wildman–Crippen MR) is 134 cm³/mol. The van der Waals surface area contributed by atoms with E-state index in [0.29, 0.717) is 5.56 Å². The van der Waals surface area contributed by atoms with Crippen molar-refractivity contribution in [1.82, 2.24) is 0 Å². The highest BCUT2D eigenvalue weighted by atomic mass is 32.2. The maximum absolute atomic E-state index is 15.5. The standard InChI is InChI=1S/C27H23F4NO5S/c1-37-23-15-19(26(33)34)11-14-22(23)32-38(35,36)24-4-2-3-21(25(24)28)18-7-5-16(6-8-18)17-9-12-20(13-10-17)27(29,30)31/h2-9,11,14-15,20,32H,10,12-13H2,1H3,(H,33,34). The second-order valence-electron chi connectivity index (χ2n) is 8.76. The van der Waals surface area contributed by atoms with Gasteiger partial charge in [0.2, 0.25) is 0 Å². The van der Waals surface area contributed by atoms with E-state index in [4.69, 9.17) is 9.84 Å². The van der Waals surface area contributed by atoms with Gasteiger partial charge in [-0.15, -0.1) is 0 Å². The molecule has 4 rings (SSSR count). The Balaban J connectivity index is 1.59. The smallest absolute Gasteiger partial charge is 0.392 e. The summed E-state index contributed by atoms with van der Waals surface area (Å²) < 4.78 is 87.7. The van der Waals surface area contributed by atoms with Crippen LogP contribution < -0.4 is 9.46 Å². The van der Waals surface area contributed by atoms with Gasteiger partial charge in [-0.05, 0) is 60.2 Å². The van der Waals surface area contributed by atoms with Gasteiger partial charge in [0.15, 0.2) is 5.82 Å². The Morgan fingerprint density at radius 2 is 1.74 bits per heavy atom. The molecule has 3 aromatic rings. The molecule has 0 aromatic heterocycles. The van der Waals surface area contributed by atoms with Crippen LogP contribution in [0.25, 0.3) is 16.7 Å². The fraction of sp³-hybridized carbons (Fsp3) is 0.222. The lowest BCUT2D eigenvalue weighted by Gasteiger charge is -2.24. The van der Waals surface area contributed by atoms with Gasteiger partial charge >= 0.3 is 12.1 Å². The van der Waals surface area contributed by atoms with E-state index in [1.54, 1.807) is 30.3 Å². The van der Waals surface area contributed by atoms with E-state index in [-0.39, 0.29) is 41.8 Å². The quantitative estimate of drug-likeness (QED) is 0.318. The normalized spacial score (nSPS) is 16.0. The van der Waals surface area contributed by atoms with Gasteiger partial charge in [0.1, 0.15) is 10.6 Å². The molecule has 0 radical (unpaired) electrons. The van der Waals surface area contributed by atoms with Crippen LogP contribution in [-0.2, 0) is 10.0 Å². The van der Waals surface area contributed by atoms with Crippen LogP contribution in [0, 0.1) is 11.7 Å². The lowest BCUT2D eigenvalue weighted by atomic mass is 9.86. The molecule has 1 unspecified atom stereocenters. The molecule has 0 fully saturated rings. The lowest BCUT2D eigenvalue weighted by molar-refractivity contribution is -0.175. The lowest BCUT2D eigenvalue weighted by Crippen LogP contribution is -2.24. The fourth-order valence-corrected chi connectivity index (χ4v) is 5.48. The molecule has 1 aliphatic carbocycles. The van der Waals surface area contributed by atoms with Crippen LogP contribution in [0.5, 0.6) is 5.75 Å². The van der Waals surface area contributed by atoms with Gasteiger partial charge in [-0.3, -0.25) is 4.72 Å². The highest BCUT2D eigenvalue weighted by Crippen LogP contribution is 2.40. The molecule has 11 heteroatoms. The van der Waals surface area contributed by atoms with Gasteiger partial charge in [0, 0.05) is 5.56 Å². The average Bonchev–Trinajstić information content (AvgIpc) is 2.88. The first-order chi connectivity index (χ1) is 17.9. The molecule has 3 aromatic carbocycles. The Kier molecular flexibility index (Phi) is 7.50. The predicted octanol–water partition coefficient (Wildman–Crippen LogP) is 6.75. The molecule has 1 aliphatic rings. The first kappa shape index (κ1) is 27.2. The number of sulfonamides is 1. The number of carbonyl (C=O) groups is 1. The summed E-state index contributed by atoms with van der Waals surface area (Å²) in [6, 6.07) is 13.9. The monoisotopic (exact) mass is 549 g/mol. The minimum atomic E-state index is -4.44. The number of methoxy groups -OCH3 is 1. The molecule has 2 N–H and O–H groups in total. The number of benzene rings is 3. The van der Waals surface area contributed by atoms with Crippen molar-refractivity contribution in [2.45, 2.75) is 30.3 Å².